The summed E-state index contributed by atoms with van der Waals surface area (Å²) >= 11 is 0. The standard InChI is InChI=1S/C15H28N2O2/c1-12(2)14(4)16-11-13(3)19-15-5-7-17(8-6-15)9-10-18/h11-12,15,18H,5-10H2,1-4H3/b13-11+,16-14?. The van der Waals surface area contributed by atoms with Crippen molar-refractivity contribution in [3.63, 3.8) is 0 Å². The lowest BCUT2D eigenvalue weighted by Gasteiger charge is -2.31. The van der Waals surface area contributed by atoms with Crippen molar-refractivity contribution < 1.29 is 9.84 Å². The topological polar surface area (TPSA) is 45.1 Å². The third-order valence-corrected chi connectivity index (χ3v) is 3.59. The average molecular weight is 268 g/mol. The first-order valence-electron chi connectivity index (χ1n) is 7.24. The maximum absolute atomic E-state index is 8.90. The van der Waals surface area contributed by atoms with E-state index in [1.807, 2.05) is 20.0 Å². The number of likely N-dealkylation sites (tertiary alicyclic amines) is 1. The SMILES string of the molecule is CC(=N/C=C(\C)OC1CCN(CCO)CC1)C(C)C. The number of aliphatic imine (C=N–C) groups is 1. The van der Waals surface area contributed by atoms with Gasteiger partial charge in [-0.25, -0.2) is 0 Å². The molecule has 0 amide bonds. The van der Waals surface area contributed by atoms with Gasteiger partial charge in [0.25, 0.3) is 0 Å². The summed E-state index contributed by atoms with van der Waals surface area (Å²) in [7, 11) is 0. The van der Waals surface area contributed by atoms with E-state index in [1.54, 1.807) is 0 Å². The van der Waals surface area contributed by atoms with Crippen molar-refractivity contribution in [2.24, 2.45) is 10.9 Å². The Morgan fingerprint density at radius 1 is 1.37 bits per heavy atom. The molecule has 0 bridgehead atoms. The molecule has 0 aliphatic carbocycles. The molecule has 1 saturated heterocycles. The summed E-state index contributed by atoms with van der Waals surface area (Å²) in [5.74, 6) is 1.37. The summed E-state index contributed by atoms with van der Waals surface area (Å²) in [5, 5.41) is 8.90. The van der Waals surface area contributed by atoms with Gasteiger partial charge in [-0.15, -0.1) is 0 Å². The second-order valence-corrected chi connectivity index (χ2v) is 5.55. The number of allylic oxidation sites excluding steroid dienone is 1. The fourth-order valence-electron chi connectivity index (χ4n) is 2.03. The lowest BCUT2D eigenvalue weighted by molar-refractivity contribution is 0.0453. The zero-order valence-corrected chi connectivity index (χ0v) is 12.7. The van der Waals surface area contributed by atoms with Gasteiger partial charge in [-0.1, -0.05) is 13.8 Å². The summed E-state index contributed by atoms with van der Waals surface area (Å²) in [6.45, 7) is 11.3. The predicted octanol–water partition coefficient (Wildman–Crippen LogP) is 2.44. The van der Waals surface area contributed by atoms with Gasteiger partial charge in [-0.3, -0.25) is 4.99 Å². The van der Waals surface area contributed by atoms with Gasteiger partial charge in [0.2, 0.25) is 0 Å². The lowest BCUT2D eigenvalue weighted by Crippen LogP contribution is -2.38. The minimum absolute atomic E-state index is 0.244. The van der Waals surface area contributed by atoms with Gasteiger partial charge in [0.1, 0.15) is 11.9 Å². The number of aliphatic hydroxyl groups is 1. The van der Waals surface area contributed by atoms with Crippen molar-refractivity contribution in [2.75, 3.05) is 26.2 Å². The van der Waals surface area contributed by atoms with Crippen LogP contribution >= 0.6 is 0 Å². The monoisotopic (exact) mass is 268 g/mol. The molecule has 0 atom stereocenters. The van der Waals surface area contributed by atoms with E-state index in [2.05, 4.69) is 23.7 Å². The summed E-state index contributed by atoms with van der Waals surface area (Å²) in [4.78, 5) is 6.70. The van der Waals surface area contributed by atoms with E-state index < -0.39 is 0 Å². The molecule has 1 N–H and O–H groups in total. The second-order valence-electron chi connectivity index (χ2n) is 5.55. The number of piperidine rings is 1. The second kappa shape index (κ2) is 8.33. The molecule has 1 rings (SSSR count). The Morgan fingerprint density at radius 2 is 2.00 bits per heavy atom. The van der Waals surface area contributed by atoms with Crippen LogP contribution in [0.25, 0.3) is 0 Å². The van der Waals surface area contributed by atoms with E-state index in [-0.39, 0.29) is 6.61 Å². The molecule has 110 valence electrons. The number of aliphatic hydroxyl groups excluding tert-OH is 1. The molecule has 0 aromatic carbocycles. The molecule has 1 aliphatic heterocycles. The van der Waals surface area contributed by atoms with Crippen molar-refractivity contribution in [3.05, 3.63) is 12.0 Å². The van der Waals surface area contributed by atoms with Crippen molar-refractivity contribution in [1.29, 1.82) is 0 Å². The molecule has 0 radical (unpaired) electrons. The van der Waals surface area contributed by atoms with Crippen molar-refractivity contribution in [1.82, 2.24) is 4.90 Å². The van der Waals surface area contributed by atoms with Gasteiger partial charge in [0, 0.05) is 25.3 Å². The Labute approximate surface area is 117 Å². The Kier molecular flexibility index (Phi) is 7.10. The molecule has 0 aromatic rings. The first-order chi connectivity index (χ1) is 9.02. The fraction of sp³-hybridized carbons (Fsp3) is 0.800. The zero-order valence-electron chi connectivity index (χ0n) is 12.7. The highest BCUT2D eigenvalue weighted by Crippen LogP contribution is 2.16. The van der Waals surface area contributed by atoms with Crippen LogP contribution in [0, 0.1) is 5.92 Å². The predicted molar refractivity (Wildman–Crippen MR) is 79.3 cm³/mol. The van der Waals surface area contributed by atoms with E-state index in [0.29, 0.717) is 12.0 Å². The first-order valence-corrected chi connectivity index (χ1v) is 7.24. The third kappa shape index (κ3) is 6.21. The normalized spacial score (nSPS) is 20.1. The van der Waals surface area contributed by atoms with Crippen LogP contribution in [-0.4, -0.2) is 48.1 Å². The Hall–Kier alpha value is -0.870. The molecule has 0 aromatic heterocycles. The summed E-state index contributed by atoms with van der Waals surface area (Å²) in [6, 6.07) is 0. The Balaban J connectivity index is 2.36. The Bertz CT molecular complexity index is 316. The van der Waals surface area contributed by atoms with E-state index in [1.165, 1.54) is 0 Å². The molecular weight excluding hydrogens is 240 g/mol. The van der Waals surface area contributed by atoms with Crippen LogP contribution in [-0.2, 0) is 4.74 Å². The maximum atomic E-state index is 8.90. The van der Waals surface area contributed by atoms with Gasteiger partial charge in [-0.2, -0.15) is 0 Å². The number of hydrogen-bond donors (Lipinski definition) is 1. The summed E-state index contributed by atoms with van der Waals surface area (Å²) in [6.07, 6.45) is 4.17. The first kappa shape index (κ1) is 16.2. The van der Waals surface area contributed by atoms with Crippen LogP contribution in [0.3, 0.4) is 0 Å². The third-order valence-electron chi connectivity index (χ3n) is 3.59. The van der Waals surface area contributed by atoms with E-state index in [9.17, 15) is 0 Å². The molecule has 0 unspecified atom stereocenters. The minimum Gasteiger partial charge on any atom is -0.493 e. The van der Waals surface area contributed by atoms with E-state index in [0.717, 1.165) is 43.9 Å². The minimum atomic E-state index is 0.244. The molecule has 4 heteroatoms. The highest BCUT2D eigenvalue weighted by atomic mass is 16.5. The van der Waals surface area contributed by atoms with Gasteiger partial charge >= 0.3 is 0 Å². The molecule has 0 saturated carbocycles. The largest absolute Gasteiger partial charge is 0.493 e. The van der Waals surface area contributed by atoms with Gasteiger partial charge in [0.05, 0.1) is 12.8 Å². The van der Waals surface area contributed by atoms with E-state index in [4.69, 9.17) is 9.84 Å². The van der Waals surface area contributed by atoms with Crippen LogP contribution < -0.4 is 0 Å². The van der Waals surface area contributed by atoms with E-state index >= 15 is 0 Å². The number of β-amino-alcohol motifs (C(OH)–C–C–N with tert-alkyl or cyclic N) is 1. The quantitative estimate of drug-likeness (QED) is 0.594. The highest BCUT2D eigenvalue weighted by Gasteiger charge is 2.19. The number of rotatable bonds is 6. The van der Waals surface area contributed by atoms with Gasteiger partial charge in [0.15, 0.2) is 0 Å². The molecular formula is C15H28N2O2. The van der Waals surface area contributed by atoms with Crippen LogP contribution in [0.15, 0.2) is 17.0 Å². The molecule has 19 heavy (non-hydrogen) atoms. The molecule has 0 spiro atoms. The van der Waals surface area contributed by atoms with Crippen LogP contribution in [0.4, 0.5) is 0 Å². The zero-order chi connectivity index (χ0) is 14.3. The smallest absolute Gasteiger partial charge is 0.111 e. The molecule has 1 fully saturated rings. The van der Waals surface area contributed by atoms with Crippen molar-refractivity contribution in [2.45, 2.75) is 46.6 Å². The number of ether oxygens (including phenoxy) is 1. The van der Waals surface area contributed by atoms with Crippen molar-refractivity contribution in [3.8, 4) is 0 Å². The van der Waals surface area contributed by atoms with Crippen LogP contribution in [0.1, 0.15) is 40.5 Å². The molecule has 4 nitrogen and oxygen atoms in total. The van der Waals surface area contributed by atoms with Gasteiger partial charge in [-0.05, 0) is 32.6 Å². The highest BCUT2D eigenvalue weighted by molar-refractivity contribution is 5.84. The van der Waals surface area contributed by atoms with Crippen LogP contribution in [0.5, 0.6) is 0 Å². The average Bonchev–Trinajstić information content (AvgIpc) is 2.38. The van der Waals surface area contributed by atoms with Crippen LogP contribution in [0.2, 0.25) is 0 Å². The fourth-order valence-corrected chi connectivity index (χ4v) is 2.03. The Morgan fingerprint density at radius 3 is 2.53 bits per heavy atom. The maximum Gasteiger partial charge on any atom is 0.111 e. The summed E-state index contributed by atoms with van der Waals surface area (Å²) < 4.78 is 5.91. The van der Waals surface area contributed by atoms with Gasteiger partial charge < -0.3 is 14.7 Å². The summed E-state index contributed by atoms with van der Waals surface area (Å²) in [5.41, 5.74) is 1.13. The number of nitrogens with zero attached hydrogens (tertiary/aromatic N) is 2. The molecule has 1 heterocycles. The lowest BCUT2D eigenvalue weighted by atomic mass is 10.1. The number of hydrogen-bond acceptors (Lipinski definition) is 4. The van der Waals surface area contributed by atoms with Crippen molar-refractivity contribution >= 4 is 5.71 Å². The molecule has 1 aliphatic rings.